The van der Waals surface area contributed by atoms with Crippen LogP contribution in [0.25, 0.3) is 0 Å². The molecule has 1 N–H and O–H groups in total. The molecule has 2 rings (SSSR count). The van der Waals surface area contributed by atoms with E-state index >= 15 is 0 Å². The van der Waals surface area contributed by atoms with Gasteiger partial charge in [-0.2, -0.15) is 15.0 Å². The number of nitrogens with one attached hydrogen (secondary N) is 1. The van der Waals surface area contributed by atoms with Crippen molar-refractivity contribution >= 4 is 17.5 Å². The van der Waals surface area contributed by atoms with Crippen LogP contribution >= 0.6 is 11.6 Å². The normalized spacial score (nSPS) is 11.6. The first-order valence-electron chi connectivity index (χ1n) is 7.71. The van der Waals surface area contributed by atoms with Gasteiger partial charge in [-0.15, -0.1) is 0 Å². The van der Waals surface area contributed by atoms with Gasteiger partial charge < -0.3 is 5.32 Å². The van der Waals surface area contributed by atoms with E-state index in [2.05, 4.69) is 36.3 Å². The third-order valence-corrected chi connectivity index (χ3v) is 3.97. The Bertz CT molecular complexity index is 716. The highest BCUT2D eigenvalue weighted by Gasteiger charge is 2.18. The molecule has 5 nitrogen and oxygen atoms in total. The van der Waals surface area contributed by atoms with Gasteiger partial charge in [-0.1, -0.05) is 38.4 Å². The second-order valence-corrected chi connectivity index (χ2v) is 6.96. The Hall–Kier alpha value is -1.88. The van der Waals surface area contributed by atoms with Crippen molar-refractivity contribution in [2.75, 3.05) is 0 Å². The molecule has 23 heavy (non-hydrogen) atoms. The molecule has 0 aliphatic carbocycles. The molecule has 1 heterocycles. The van der Waals surface area contributed by atoms with E-state index in [1.165, 1.54) is 0 Å². The second-order valence-electron chi connectivity index (χ2n) is 6.55. The summed E-state index contributed by atoms with van der Waals surface area (Å²) >= 11 is 6.32. The third-order valence-electron chi connectivity index (χ3n) is 3.66. The highest BCUT2D eigenvalue weighted by molar-refractivity contribution is 6.31. The number of hydrogen-bond donors (Lipinski definition) is 1. The average molecular weight is 335 g/mol. The van der Waals surface area contributed by atoms with Gasteiger partial charge in [-0.3, -0.25) is 4.79 Å². The Balaban J connectivity index is 2.09. The molecule has 1 amide bonds. The van der Waals surface area contributed by atoms with E-state index in [0.717, 1.165) is 17.0 Å². The number of nitrogens with zero attached hydrogens (tertiary/aromatic N) is 3. The topological polar surface area (TPSA) is 59.8 Å². The minimum atomic E-state index is -0.169. The van der Waals surface area contributed by atoms with Crippen LogP contribution < -0.4 is 5.32 Å². The summed E-state index contributed by atoms with van der Waals surface area (Å²) in [5, 5.41) is 12.1. The number of carbonyl (C=O) groups is 1. The number of benzene rings is 1. The lowest BCUT2D eigenvalue weighted by atomic mass is 9.86. The molecular weight excluding hydrogens is 312 g/mol. The summed E-state index contributed by atoms with van der Waals surface area (Å²) in [5.41, 5.74) is 3.12. The van der Waals surface area contributed by atoms with Gasteiger partial charge in [0.1, 0.15) is 5.69 Å². The number of amides is 1. The van der Waals surface area contributed by atoms with Crippen LogP contribution in [0.3, 0.4) is 0 Å². The first-order chi connectivity index (χ1) is 10.7. The predicted octanol–water partition coefficient (Wildman–Crippen LogP) is 3.49. The van der Waals surface area contributed by atoms with Gasteiger partial charge in [0.25, 0.3) is 5.91 Å². The highest BCUT2D eigenvalue weighted by atomic mass is 35.5. The van der Waals surface area contributed by atoms with Crippen LogP contribution in [0.4, 0.5) is 0 Å². The number of aryl methyl sites for hydroxylation is 2. The molecule has 1 aromatic heterocycles. The Morgan fingerprint density at radius 3 is 2.52 bits per heavy atom. The number of hydrogen-bond acceptors (Lipinski definition) is 3. The van der Waals surface area contributed by atoms with Crippen molar-refractivity contribution in [1.29, 1.82) is 0 Å². The Morgan fingerprint density at radius 2 is 2.00 bits per heavy atom. The minimum Gasteiger partial charge on any atom is -0.346 e. The fraction of sp³-hybridized carbons (Fsp3) is 0.471. The first-order valence-corrected chi connectivity index (χ1v) is 8.09. The molecule has 6 heteroatoms. The van der Waals surface area contributed by atoms with E-state index in [-0.39, 0.29) is 11.3 Å². The summed E-state index contributed by atoms with van der Waals surface area (Å²) < 4.78 is 0. The molecule has 0 bridgehead atoms. The maximum atomic E-state index is 12.3. The summed E-state index contributed by atoms with van der Waals surface area (Å²) in [6.45, 7) is 11.2. The van der Waals surface area contributed by atoms with E-state index in [9.17, 15) is 4.79 Å². The first kappa shape index (κ1) is 17.5. The zero-order chi connectivity index (χ0) is 17.2. The van der Waals surface area contributed by atoms with Crippen molar-refractivity contribution in [1.82, 2.24) is 20.3 Å². The molecule has 0 atom stereocenters. The summed E-state index contributed by atoms with van der Waals surface area (Å²) in [4.78, 5) is 13.9. The maximum absolute atomic E-state index is 12.3. The quantitative estimate of drug-likeness (QED) is 0.931. The third kappa shape index (κ3) is 4.10. The highest BCUT2D eigenvalue weighted by Crippen LogP contribution is 2.30. The van der Waals surface area contributed by atoms with E-state index in [1.807, 2.05) is 19.9 Å². The monoisotopic (exact) mass is 334 g/mol. The van der Waals surface area contributed by atoms with Gasteiger partial charge in [0, 0.05) is 10.6 Å². The molecule has 0 aliphatic heterocycles. The number of rotatable bonds is 4. The average Bonchev–Trinajstić information content (AvgIpc) is 2.83. The fourth-order valence-corrected chi connectivity index (χ4v) is 2.76. The lowest BCUT2D eigenvalue weighted by molar-refractivity contribution is 0.0950. The van der Waals surface area contributed by atoms with E-state index in [1.54, 1.807) is 16.9 Å². The van der Waals surface area contributed by atoms with Crippen LogP contribution in [0.1, 0.15) is 55.0 Å². The van der Waals surface area contributed by atoms with Crippen molar-refractivity contribution in [3.8, 4) is 0 Å². The smallest absolute Gasteiger partial charge is 0.251 e. The predicted molar refractivity (Wildman–Crippen MR) is 91.8 cm³/mol. The molecule has 0 radical (unpaired) electrons. The summed E-state index contributed by atoms with van der Waals surface area (Å²) in [6.07, 6.45) is 0. The Morgan fingerprint density at radius 1 is 1.30 bits per heavy atom. The largest absolute Gasteiger partial charge is 0.346 e. The molecule has 0 saturated heterocycles. The Labute approximate surface area is 142 Å². The number of carbonyl (C=O) groups excluding carboxylic acids is 1. The summed E-state index contributed by atoms with van der Waals surface area (Å²) in [5.74, 6) is -0.169. The van der Waals surface area contributed by atoms with Crippen molar-refractivity contribution in [3.05, 3.63) is 45.7 Å². The zero-order valence-electron chi connectivity index (χ0n) is 14.3. The zero-order valence-corrected chi connectivity index (χ0v) is 15.0. The SMILES string of the molecule is CCn1nc(C)c(CNC(=O)c2ccc(C(C)(C)C)c(Cl)c2)n1. The van der Waals surface area contributed by atoms with Crippen LogP contribution in [0, 0.1) is 6.92 Å². The van der Waals surface area contributed by atoms with Crippen LogP contribution in [0.5, 0.6) is 0 Å². The summed E-state index contributed by atoms with van der Waals surface area (Å²) in [6, 6.07) is 5.43. The van der Waals surface area contributed by atoms with Crippen molar-refractivity contribution < 1.29 is 4.79 Å². The van der Waals surface area contributed by atoms with Gasteiger partial charge in [0.05, 0.1) is 18.8 Å². The van der Waals surface area contributed by atoms with Crippen LogP contribution in [-0.2, 0) is 18.5 Å². The van der Waals surface area contributed by atoms with Crippen molar-refractivity contribution in [3.63, 3.8) is 0 Å². The van der Waals surface area contributed by atoms with Crippen molar-refractivity contribution in [2.45, 2.75) is 53.1 Å². The lowest BCUT2D eigenvalue weighted by Gasteiger charge is -2.20. The number of aromatic nitrogens is 3. The van der Waals surface area contributed by atoms with E-state index < -0.39 is 0 Å². The molecule has 0 aliphatic rings. The molecule has 0 saturated carbocycles. The molecule has 2 aromatic rings. The molecule has 0 spiro atoms. The fourth-order valence-electron chi connectivity index (χ4n) is 2.30. The van der Waals surface area contributed by atoms with Crippen LogP contribution in [0.15, 0.2) is 18.2 Å². The van der Waals surface area contributed by atoms with Gasteiger partial charge in [-0.05, 0) is 37.0 Å². The van der Waals surface area contributed by atoms with E-state index in [4.69, 9.17) is 11.6 Å². The van der Waals surface area contributed by atoms with Gasteiger partial charge in [-0.25, -0.2) is 0 Å². The van der Waals surface area contributed by atoms with Gasteiger partial charge >= 0.3 is 0 Å². The lowest BCUT2D eigenvalue weighted by Crippen LogP contribution is -2.24. The molecule has 124 valence electrons. The van der Waals surface area contributed by atoms with Gasteiger partial charge in [0.2, 0.25) is 0 Å². The maximum Gasteiger partial charge on any atom is 0.251 e. The summed E-state index contributed by atoms with van der Waals surface area (Å²) in [7, 11) is 0. The molecular formula is C17H23ClN4O. The second kappa shape index (κ2) is 6.71. The minimum absolute atomic E-state index is 0.0537. The van der Waals surface area contributed by atoms with E-state index in [0.29, 0.717) is 23.7 Å². The molecule has 0 unspecified atom stereocenters. The Kier molecular flexibility index (Phi) is 5.09. The van der Waals surface area contributed by atoms with Gasteiger partial charge in [0.15, 0.2) is 0 Å². The molecule has 1 aromatic carbocycles. The molecule has 0 fully saturated rings. The van der Waals surface area contributed by atoms with Crippen LogP contribution in [0.2, 0.25) is 5.02 Å². The standard InChI is InChI=1S/C17H23ClN4O/c1-6-22-20-11(2)15(21-22)10-19-16(23)12-7-8-13(14(18)9-12)17(3,4)5/h7-9H,6,10H2,1-5H3,(H,19,23). The van der Waals surface area contributed by atoms with Crippen LogP contribution in [-0.4, -0.2) is 20.9 Å². The van der Waals surface area contributed by atoms with Crippen molar-refractivity contribution in [2.24, 2.45) is 0 Å². The number of halogens is 1.